The molecule has 0 fully saturated rings. The molecule has 0 aliphatic rings. The molecule has 15 heavy (non-hydrogen) atoms. The number of aromatic nitrogens is 2. The van der Waals surface area contributed by atoms with Gasteiger partial charge in [-0.05, 0) is 62.2 Å². The van der Waals surface area contributed by atoms with E-state index in [-0.39, 0.29) is 4.47 Å². The summed E-state index contributed by atoms with van der Waals surface area (Å²) in [5, 5.41) is 0. The second-order valence-corrected chi connectivity index (χ2v) is 5.89. The van der Waals surface area contributed by atoms with Crippen molar-refractivity contribution in [3.63, 3.8) is 0 Å². The minimum atomic E-state index is -0.919. The lowest BCUT2D eigenvalue weighted by Crippen LogP contribution is -1.90. The van der Waals surface area contributed by atoms with Crippen molar-refractivity contribution in [3.05, 3.63) is 31.3 Å². The molecule has 0 N–H and O–H groups in total. The Bertz CT molecular complexity index is 517. The number of rotatable bonds is 1. The average Bonchev–Trinajstić information content (AvgIpc) is 2.61. The second-order valence-electron chi connectivity index (χ2n) is 2.59. The maximum atomic E-state index is 13.2. The van der Waals surface area contributed by atoms with E-state index in [0.717, 1.165) is 9.08 Å². The Balaban J connectivity index is 2.59. The van der Waals surface area contributed by atoms with Crippen LogP contribution >= 0.6 is 50.1 Å². The van der Waals surface area contributed by atoms with Crippen molar-refractivity contribution in [2.45, 2.75) is 0 Å². The lowest BCUT2D eigenvalue weighted by Gasteiger charge is -2.01. The predicted octanol–water partition coefficient (Wildman–Crippen LogP) is 3.85. The first-order valence-corrected chi connectivity index (χ1v) is 6.37. The summed E-state index contributed by atoms with van der Waals surface area (Å²) in [7, 11) is 0. The molecular weight excluding hydrogens is 401 g/mol. The van der Waals surface area contributed by atoms with Crippen LogP contribution in [0.1, 0.15) is 0 Å². The van der Waals surface area contributed by atoms with E-state index >= 15 is 0 Å². The molecule has 0 saturated heterocycles. The molecule has 0 aliphatic carbocycles. The SMILES string of the molecule is Fc1ccc(-c2nsc(I)n2)c(Br)c1F. The van der Waals surface area contributed by atoms with Gasteiger partial charge in [-0.25, -0.2) is 13.8 Å². The van der Waals surface area contributed by atoms with E-state index in [9.17, 15) is 8.78 Å². The Labute approximate surface area is 110 Å². The van der Waals surface area contributed by atoms with Crippen LogP contribution in [0.25, 0.3) is 11.4 Å². The molecule has 2 rings (SSSR count). The van der Waals surface area contributed by atoms with Crippen molar-refractivity contribution in [1.82, 2.24) is 9.36 Å². The van der Waals surface area contributed by atoms with Crippen LogP contribution in [-0.4, -0.2) is 9.36 Å². The number of nitrogens with zero attached hydrogens (tertiary/aromatic N) is 2. The van der Waals surface area contributed by atoms with Gasteiger partial charge in [0.15, 0.2) is 20.5 Å². The normalized spacial score (nSPS) is 10.7. The summed E-state index contributed by atoms with van der Waals surface area (Å²) in [6.07, 6.45) is 0. The standard InChI is InChI=1S/C8H2BrF2IN2S/c9-5-3(1-2-4(10)6(5)11)7-13-8(12)15-14-7/h1-2H. The number of benzene rings is 1. The predicted molar refractivity (Wildman–Crippen MR) is 65.7 cm³/mol. The molecule has 0 amide bonds. The van der Waals surface area contributed by atoms with E-state index in [4.69, 9.17) is 0 Å². The molecule has 2 nitrogen and oxygen atoms in total. The monoisotopic (exact) mass is 402 g/mol. The molecule has 0 spiro atoms. The molecule has 2 aromatic rings. The van der Waals surface area contributed by atoms with Gasteiger partial charge in [0.05, 0.1) is 4.47 Å². The Hall–Kier alpha value is -0.150. The van der Waals surface area contributed by atoms with Crippen LogP contribution in [-0.2, 0) is 0 Å². The molecule has 78 valence electrons. The van der Waals surface area contributed by atoms with Gasteiger partial charge in [0.2, 0.25) is 0 Å². The Morgan fingerprint density at radius 3 is 2.67 bits per heavy atom. The number of hydrogen-bond acceptors (Lipinski definition) is 3. The zero-order chi connectivity index (χ0) is 11.0. The minimum Gasteiger partial charge on any atom is -0.209 e. The Morgan fingerprint density at radius 2 is 2.07 bits per heavy atom. The van der Waals surface area contributed by atoms with Crippen LogP contribution in [0, 0.1) is 14.6 Å². The fourth-order valence-corrected chi connectivity index (χ4v) is 2.46. The highest BCUT2D eigenvalue weighted by atomic mass is 127. The van der Waals surface area contributed by atoms with Gasteiger partial charge >= 0.3 is 0 Å². The first-order valence-electron chi connectivity index (χ1n) is 3.72. The van der Waals surface area contributed by atoms with Gasteiger partial charge in [-0.15, -0.1) is 0 Å². The first-order chi connectivity index (χ1) is 7.09. The summed E-state index contributed by atoms with van der Waals surface area (Å²) >= 11 is 6.21. The summed E-state index contributed by atoms with van der Waals surface area (Å²) in [5.74, 6) is -1.41. The van der Waals surface area contributed by atoms with Crippen LogP contribution in [0.15, 0.2) is 16.6 Å². The number of halogens is 4. The molecule has 0 bridgehead atoms. The van der Waals surface area contributed by atoms with Gasteiger partial charge in [0, 0.05) is 5.56 Å². The topological polar surface area (TPSA) is 25.8 Å². The van der Waals surface area contributed by atoms with Crippen molar-refractivity contribution in [2.75, 3.05) is 0 Å². The summed E-state index contributed by atoms with van der Waals surface area (Å²) in [4.78, 5) is 4.09. The number of hydrogen-bond donors (Lipinski definition) is 0. The fourth-order valence-electron chi connectivity index (χ4n) is 1.01. The first kappa shape index (κ1) is 11.3. The quantitative estimate of drug-likeness (QED) is 0.534. The zero-order valence-electron chi connectivity index (χ0n) is 6.97. The molecule has 1 aromatic heterocycles. The lowest BCUT2D eigenvalue weighted by atomic mass is 10.2. The second kappa shape index (κ2) is 4.38. The summed E-state index contributed by atoms with van der Waals surface area (Å²) in [5.41, 5.74) is 0.452. The third-order valence-corrected chi connectivity index (χ3v) is 3.79. The zero-order valence-corrected chi connectivity index (χ0v) is 11.5. The van der Waals surface area contributed by atoms with Crippen molar-refractivity contribution in [2.24, 2.45) is 0 Å². The highest BCUT2D eigenvalue weighted by Crippen LogP contribution is 2.30. The van der Waals surface area contributed by atoms with Crippen molar-refractivity contribution in [1.29, 1.82) is 0 Å². The third-order valence-electron chi connectivity index (χ3n) is 1.68. The van der Waals surface area contributed by atoms with Gasteiger partial charge < -0.3 is 0 Å². The molecule has 0 atom stereocenters. The Morgan fingerprint density at radius 1 is 1.33 bits per heavy atom. The molecule has 0 radical (unpaired) electrons. The van der Waals surface area contributed by atoms with Crippen LogP contribution in [0.5, 0.6) is 0 Å². The third kappa shape index (κ3) is 2.18. The van der Waals surface area contributed by atoms with Crippen LogP contribution < -0.4 is 0 Å². The highest BCUT2D eigenvalue weighted by molar-refractivity contribution is 14.1. The molecule has 0 aliphatic heterocycles. The van der Waals surface area contributed by atoms with Crippen LogP contribution in [0.4, 0.5) is 8.78 Å². The maximum absolute atomic E-state index is 13.2. The molecule has 1 heterocycles. The molecular formula is C8H2BrF2IN2S. The summed E-state index contributed by atoms with van der Waals surface area (Å²) < 4.78 is 30.9. The smallest absolute Gasteiger partial charge is 0.175 e. The van der Waals surface area contributed by atoms with Gasteiger partial charge in [-0.2, -0.15) is 4.37 Å². The van der Waals surface area contributed by atoms with E-state index < -0.39 is 11.6 Å². The molecule has 1 aromatic carbocycles. The fraction of sp³-hybridized carbons (Fsp3) is 0. The van der Waals surface area contributed by atoms with Crippen LogP contribution in [0.2, 0.25) is 0 Å². The van der Waals surface area contributed by atoms with Crippen LogP contribution in [0.3, 0.4) is 0 Å². The minimum absolute atomic E-state index is 0.0525. The van der Waals surface area contributed by atoms with Crippen molar-refractivity contribution >= 4 is 50.1 Å². The van der Waals surface area contributed by atoms with Gasteiger partial charge in [-0.3, -0.25) is 0 Å². The van der Waals surface area contributed by atoms with E-state index in [2.05, 4.69) is 25.3 Å². The van der Waals surface area contributed by atoms with E-state index in [1.54, 1.807) is 0 Å². The molecule has 7 heteroatoms. The van der Waals surface area contributed by atoms with E-state index in [0.29, 0.717) is 11.4 Å². The molecule has 0 saturated carbocycles. The van der Waals surface area contributed by atoms with Crippen molar-refractivity contribution in [3.8, 4) is 11.4 Å². The van der Waals surface area contributed by atoms with E-state index in [1.165, 1.54) is 17.6 Å². The van der Waals surface area contributed by atoms with E-state index in [1.807, 2.05) is 22.6 Å². The average molecular weight is 403 g/mol. The maximum Gasteiger partial charge on any atom is 0.175 e. The molecule has 0 unspecified atom stereocenters. The lowest BCUT2D eigenvalue weighted by molar-refractivity contribution is 0.504. The highest BCUT2D eigenvalue weighted by Gasteiger charge is 2.15. The van der Waals surface area contributed by atoms with Gasteiger partial charge in [-0.1, -0.05) is 0 Å². The van der Waals surface area contributed by atoms with Gasteiger partial charge in [0.25, 0.3) is 0 Å². The van der Waals surface area contributed by atoms with Crippen molar-refractivity contribution < 1.29 is 8.78 Å². The summed E-state index contributed by atoms with van der Waals surface area (Å²) in [6, 6.07) is 2.50. The largest absolute Gasteiger partial charge is 0.209 e. The summed E-state index contributed by atoms with van der Waals surface area (Å²) in [6.45, 7) is 0. The Kier molecular flexibility index (Phi) is 3.31. The van der Waals surface area contributed by atoms with Gasteiger partial charge in [0.1, 0.15) is 0 Å².